The zero-order valence-corrected chi connectivity index (χ0v) is 11.8. The number of sulfone groups is 1. The first kappa shape index (κ1) is 13.1. The van der Waals surface area contributed by atoms with E-state index in [2.05, 4.69) is 5.32 Å². The molecule has 3 unspecified atom stereocenters. The van der Waals surface area contributed by atoms with Gasteiger partial charge in [0.1, 0.15) is 0 Å². The Morgan fingerprint density at radius 3 is 2.84 bits per heavy atom. The quantitative estimate of drug-likeness (QED) is 0.915. The summed E-state index contributed by atoms with van der Waals surface area (Å²) in [5, 5.41) is 3.49. The molecule has 0 amide bonds. The van der Waals surface area contributed by atoms with Crippen molar-refractivity contribution in [2.24, 2.45) is 0 Å². The van der Waals surface area contributed by atoms with Crippen molar-refractivity contribution in [3.63, 3.8) is 0 Å². The minimum atomic E-state index is -3.12. The molecule has 1 N–H and O–H groups in total. The molecule has 0 radical (unpaired) electrons. The van der Waals surface area contributed by atoms with E-state index in [4.69, 9.17) is 4.74 Å². The van der Waals surface area contributed by atoms with Crippen molar-refractivity contribution in [1.29, 1.82) is 0 Å². The van der Waals surface area contributed by atoms with E-state index in [1.165, 1.54) is 0 Å². The van der Waals surface area contributed by atoms with E-state index in [9.17, 15) is 8.42 Å². The van der Waals surface area contributed by atoms with Gasteiger partial charge in [0.2, 0.25) is 0 Å². The highest BCUT2D eigenvalue weighted by atomic mass is 32.2. The van der Waals surface area contributed by atoms with Gasteiger partial charge in [0.15, 0.2) is 9.84 Å². The van der Waals surface area contributed by atoms with Crippen molar-refractivity contribution < 1.29 is 13.2 Å². The topological polar surface area (TPSA) is 55.4 Å². The Hall–Kier alpha value is -0.910. The van der Waals surface area contributed by atoms with Gasteiger partial charge in [-0.2, -0.15) is 0 Å². The molecule has 1 aromatic carbocycles. The molecule has 0 bridgehead atoms. The third-order valence-electron chi connectivity index (χ3n) is 4.19. The summed E-state index contributed by atoms with van der Waals surface area (Å²) in [6.07, 6.45) is 3.44. The van der Waals surface area contributed by atoms with Crippen LogP contribution in [0.4, 0.5) is 0 Å². The van der Waals surface area contributed by atoms with Crippen LogP contribution >= 0.6 is 0 Å². The molecular weight excluding hydrogens is 262 g/mol. The fraction of sp³-hybridized carbons (Fsp3) is 0.571. The van der Waals surface area contributed by atoms with Crippen LogP contribution in [0.2, 0.25) is 0 Å². The number of methoxy groups -OCH3 is 1. The molecule has 0 saturated heterocycles. The lowest BCUT2D eigenvalue weighted by Crippen LogP contribution is -2.39. The molecule has 4 nitrogen and oxygen atoms in total. The Morgan fingerprint density at radius 2 is 2.05 bits per heavy atom. The van der Waals surface area contributed by atoms with Crippen molar-refractivity contribution in [3.05, 3.63) is 29.8 Å². The molecule has 1 heterocycles. The summed E-state index contributed by atoms with van der Waals surface area (Å²) in [5.74, 6) is 0.166. The SMILES string of the molecule is COC1CCCC1NC1CS(=O)(=O)c2ccccc21. The fourth-order valence-corrected chi connectivity index (χ4v) is 5.00. The summed E-state index contributed by atoms with van der Waals surface area (Å²) < 4.78 is 29.7. The van der Waals surface area contributed by atoms with Crippen LogP contribution in [-0.4, -0.2) is 33.4 Å². The maximum absolute atomic E-state index is 12.1. The van der Waals surface area contributed by atoms with Gasteiger partial charge in [0, 0.05) is 19.2 Å². The van der Waals surface area contributed by atoms with Crippen molar-refractivity contribution in [1.82, 2.24) is 5.32 Å². The third-order valence-corrected chi connectivity index (χ3v) is 6.00. The van der Waals surface area contributed by atoms with E-state index in [0.717, 1.165) is 24.8 Å². The van der Waals surface area contributed by atoms with Gasteiger partial charge in [0.25, 0.3) is 0 Å². The van der Waals surface area contributed by atoms with Crippen LogP contribution in [0.5, 0.6) is 0 Å². The van der Waals surface area contributed by atoms with Gasteiger partial charge in [-0.05, 0) is 30.9 Å². The highest BCUT2D eigenvalue weighted by molar-refractivity contribution is 7.91. The van der Waals surface area contributed by atoms with Gasteiger partial charge in [-0.1, -0.05) is 18.2 Å². The second-order valence-electron chi connectivity index (χ2n) is 5.35. The van der Waals surface area contributed by atoms with Gasteiger partial charge in [-0.3, -0.25) is 0 Å². The maximum atomic E-state index is 12.1. The lowest BCUT2D eigenvalue weighted by molar-refractivity contribution is 0.0822. The summed E-state index contributed by atoms with van der Waals surface area (Å²) in [5.41, 5.74) is 0.907. The van der Waals surface area contributed by atoms with Gasteiger partial charge < -0.3 is 10.1 Å². The number of ether oxygens (including phenoxy) is 1. The van der Waals surface area contributed by atoms with Crippen molar-refractivity contribution in [3.8, 4) is 0 Å². The summed E-state index contributed by atoms with van der Waals surface area (Å²) in [6, 6.07) is 7.46. The molecule has 0 spiro atoms. The Morgan fingerprint density at radius 1 is 1.26 bits per heavy atom. The van der Waals surface area contributed by atoms with E-state index in [-0.39, 0.29) is 23.9 Å². The van der Waals surface area contributed by atoms with Crippen LogP contribution in [0.1, 0.15) is 30.9 Å². The summed E-state index contributed by atoms with van der Waals surface area (Å²) in [6.45, 7) is 0. The van der Waals surface area contributed by atoms with E-state index in [1.54, 1.807) is 19.2 Å². The molecule has 5 heteroatoms. The van der Waals surface area contributed by atoms with E-state index in [0.29, 0.717) is 4.90 Å². The molecule has 3 rings (SSSR count). The summed E-state index contributed by atoms with van der Waals surface area (Å²) >= 11 is 0. The first-order valence-corrected chi connectivity index (χ1v) is 8.37. The molecule has 1 aromatic rings. The van der Waals surface area contributed by atoms with Gasteiger partial charge in [-0.25, -0.2) is 8.42 Å². The lowest BCUT2D eigenvalue weighted by atomic mass is 10.1. The summed E-state index contributed by atoms with van der Waals surface area (Å²) in [4.78, 5) is 0.486. The fourth-order valence-electron chi connectivity index (χ4n) is 3.25. The zero-order valence-electron chi connectivity index (χ0n) is 11.0. The van der Waals surface area contributed by atoms with Crippen LogP contribution in [0, 0.1) is 0 Å². The second kappa shape index (κ2) is 4.89. The van der Waals surface area contributed by atoms with Gasteiger partial charge in [-0.15, -0.1) is 0 Å². The average molecular weight is 281 g/mol. The maximum Gasteiger partial charge on any atom is 0.180 e. The van der Waals surface area contributed by atoms with Gasteiger partial charge >= 0.3 is 0 Å². The summed E-state index contributed by atoms with van der Waals surface area (Å²) in [7, 11) is -1.40. The number of fused-ring (bicyclic) bond motifs is 1. The molecule has 0 aromatic heterocycles. The number of nitrogens with one attached hydrogen (secondary N) is 1. The minimum absolute atomic E-state index is 0.0954. The molecule has 1 aliphatic carbocycles. The lowest BCUT2D eigenvalue weighted by Gasteiger charge is -2.23. The molecule has 1 aliphatic heterocycles. The Labute approximate surface area is 114 Å². The van der Waals surface area contributed by atoms with Crippen LogP contribution in [0.25, 0.3) is 0 Å². The zero-order chi connectivity index (χ0) is 13.5. The number of hydrogen-bond donors (Lipinski definition) is 1. The molecule has 1 saturated carbocycles. The molecule has 2 aliphatic rings. The molecule has 1 fully saturated rings. The van der Waals surface area contributed by atoms with E-state index in [1.807, 2.05) is 12.1 Å². The minimum Gasteiger partial charge on any atom is -0.380 e. The number of benzene rings is 1. The van der Waals surface area contributed by atoms with Crippen molar-refractivity contribution in [2.75, 3.05) is 12.9 Å². The van der Waals surface area contributed by atoms with Crippen molar-refractivity contribution in [2.45, 2.75) is 42.3 Å². The molecule has 104 valence electrons. The smallest absolute Gasteiger partial charge is 0.180 e. The average Bonchev–Trinajstić information content (AvgIpc) is 2.94. The number of hydrogen-bond acceptors (Lipinski definition) is 4. The van der Waals surface area contributed by atoms with Crippen LogP contribution in [0.15, 0.2) is 29.2 Å². The first-order chi connectivity index (χ1) is 9.12. The molecular formula is C14H19NO3S. The Bertz CT molecular complexity index is 570. The van der Waals surface area contributed by atoms with Crippen LogP contribution in [-0.2, 0) is 14.6 Å². The monoisotopic (exact) mass is 281 g/mol. The Balaban J connectivity index is 1.84. The van der Waals surface area contributed by atoms with E-state index < -0.39 is 9.84 Å². The van der Waals surface area contributed by atoms with Gasteiger partial charge in [0.05, 0.1) is 16.8 Å². The van der Waals surface area contributed by atoms with Crippen molar-refractivity contribution >= 4 is 9.84 Å². The normalized spacial score (nSPS) is 32.4. The number of rotatable bonds is 3. The highest BCUT2D eigenvalue weighted by Crippen LogP contribution is 2.35. The first-order valence-electron chi connectivity index (χ1n) is 6.72. The third kappa shape index (κ3) is 2.30. The predicted octanol–water partition coefficient (Wildman–Crippen LogP) is 1.67. The predicted molar refractivity (Wildman–Crippen MR) is 72.8 cm³/mol. The largest absolute Gasteiger partial charge is 0.380 e. The highest BCUT2D eigenvalue weighted by Gasteiger charge is 2.37. The standard InChI is InChI=1S/C14H19NO3S/c1-18-13-7-4-6-11(13)15-12-9-19(16,17)14-8-3-2-5-10(12)14/h2-3,5,8,11-13,15H,4,6-7,9H2,1H3. The van der Waals surface area contributed by atoms with Crippen LogP contribution in [0.3, 0.4) is 0 Å². The molecule has 19 heavy (non-hydrogen) atoms. The second-order valence-corrected chi connectivity index (χ2v) is 7.35. The van der Waals surface area contributed by atoms with Crippen LogP contribution < -0.4 is 5.32 Å². The Kier molecular flexibility index (Phi) is 3.37. The van der Waals surface area contributed by atoms with E-state index >= 15 is 0 Å². The molecule has 3 atom stereocenters.